The van der Waals surface area contributed by atoms with Gasteiger partial charge < -0.3 is 10.8 Å². The lowest BCUT2D eigenvalue weighted by Crippen LogP contribution is -2.03. The first-order valence-electron chi connectivity index (χ1n) is 1.74. The molecule has 0 heterocycles. The summed E-state index contributed by atoms with van der Waals surface area (Å²) < 4.78 is 0. The minimum atomic E-state index is -0.171. The van der Waals surface area contributed by atoms with Crippen LogP contribution in [0.5, 0.6) is 0 Å². The predicted molar refractivity (Wildman–Crippen MR) is 18.6 cm³/mol. The molecule has 5 heavy (non-hydrogen) atoms. The Balaban J connectivity index is 2.20. The maximum absolute atomic E-state index is 8.31. The van der Waals surface area contributed by atoms with Crippen molar-refractivity contribution in [1.82, 2.24) is 0 Å². The van der Waals surface area contributed by atoms with Gasteiger partial charge in [0, 0.05) is 6.04 Å². The number of hydrogen-bond acceptors (Lipinski definition) is 2. The summed E-state index contributed by atoms with van der Waals surface area (Å²) in [6.45, 7) is 0. The van der Waals surface area contributed by atoms with Gasteiger partial charge in [0.15, 0.2) is 0 Å². The molecular formula is C3H7NO. The second-order valence-electron chi connectivity index (χ2n) is 1.47. The topological polar surface area (TPSA) is 46.2 Å². The van der Waals surface area contributed by atoms with Crippen LogP contribution in [0.25, 0.3) is 0 Å². The Morgan fingerprint density at radius 1 is 1.80 bits per heavy atom. The Bertz CT molecular complexity index is 40.2. The molecule has 0 aromatic heterocycles. The Kier molecular flexibility index (Phi) is 0.436. The molecule has 2 atom stereocenters. The van der Waals surface area contributed by atoms with Crippen molar-refractivity contribution in [1.29, 1.82) is 0 Å². The van der Waals surface area contributed by atoms with Crippen LogP contribution in [0.4, 0.5) is 0 Å². The van der Waals surface area contributed by atoms with Crippen molar-refractivity contribution in [2.24, 2.45) is 5.73 Å². The van der Waals surface area contributed by atoms with E-state index < -0.39 is 0 Å². The van der Waals surface area contributed by atoms with Crippen molar-refractivity contribution >= 4 is 0 Å². The molecule has 1 fully saturated rings. The fourth-order valence-corrected chi connectivity index (χ4v) is 0.200. The molecule has 0 radical (unpaired) electrons. The summed E-state index contributed by atoms with van der Waals surface area (Å²) in [5.41, 5.74) is 5.12. The van der Waals surface area contributed by atoms with Crippen LogP contribution in [0.15, 0.2) is 0 Å². The third kappa shape index (κ3) is 0.412. The Labute approximate surface area is 30.6 Å². The van der Waals surface area contributed by atoms with E-state index >= 15 is 0 Å². The van der Waals surface area contributed by atoms with E-state index in [0.717, 1.165) is 6.42 Å². The van der Waals surface area contributed by atoms with Gasteiger partial charge in [0.1, 0.15) is 0 Å². The average Bonchev–Trinajstić information content (AvgIpc) is 1.79. The van der Waals surface area contributed by atoms with E-state index in [1.54, 1.807) is 0 Å². The monoisotopic (exact) mass is 73.1 g/mol. The zero-order valence-corrected chi connectivity index (χ0v) is 2.89. The van der Waals surface area contributed by atoms with Gasteiger partial charge in [-0.15, -0.1) is 0 Å². The molecule has 2 heteroatoms. The lowest BCUT2D eigenvalue weighted by Gasteiger charge is -1.70. The van der Waals surface area contributed by atoms with E-state index in [4.69, 9.17) is 10.8 Å². The lowest BCUT2D eigenvalue weighted by molar-refractivity contribution is 0.272. The van der Waals surface area contributed by atoms with Crippen LogP contribution >= 0.6 is 0 Å². The fraction of sp³-hybridized carbons (Fsp3) is 1.00. The fourth-order valence-electron chi connectivity index (χ4n) is 0.200. The first-order valence-corrected chi connectivity index (χ1v) is 1.74. The van der Waals surface area contributed by atoms with Gasteiger partial charge in [0.25, 0.3) is 0 Å². The van der Waals surface area contributed by atoms with Gasteiger partial charge in [-0.3, -0.25) is 0 Å². The molecule has 0 bridgehead atoms. The Morgan fingerprint density at radius 2 is 2.00 bits per heavy atom. The van der Waals surface area contributed by atoms with Gasteiger partial charge in [-0.25, -0.2) is 0 Å². The molecule has 2 nitrogen and oxygen atoms in total. The highest BCUT2D eigenvalue weighted by Crippen LogP contribution is 2.15. The molecule has 0 aromatic rings. The molecule has 1 saturated carbocycles. The first-order chi connectivity index (χ1) is 2.30. The van der Waals surface area contributed by atoms with Crippen LogP contribution < -0.4 is 5.73 Å². The molecule has 0 spiro atoms. The van der Waals surface area contributed by atoms with Crippen molar-refractivity contribution < 1.29 is 5.11 Å². The molecule has 0 saturated heterocycles. The van der Waals surface area contributed by atoms with Gasteiger partial charge in [0.2, 0.25) is 0 Å². The molecule has 0 unspecified atom stereocenters. The lowest BCUT2D eigenvalue weighted by atomic mass is 10.8. The van der Waals surface area contributed by atoms with Crippen molar-refractivity contribution in [3.8, 4) is 0 Å². The third-order valence-corrected chi connectivity index (χ3v) is 0.805. The minimum absolute atomic E-state index is 0.106. The number of rotatable bonds is 0. The minimum Gasteiger partial charge on any atom is -0.391 e. The van der Waals surface area contributed by atoms with E-state index in [-0.39, 0.29) is 12.1 Å². The largest absolute Gasteiger partial charge is 0.391 e. The molecule has 0 aromatic carbocycles. The summed E-state index contributed by atoms with van der Waals surface area (Å²) in [5.74, 6) is 0. The van der Waals surface area contributed by atoms with E-state index in [1.807, 2.05) is 0 Å². The molecule has 0 amide bonds. The van der Waals surface area contributed by atoms with Crippen molar-refractivity contribution in [3.63, 3.8) is 0 Å². The molecule has 1 aliphatic carbocycles. The van der Waals surface area contributed by atoms with E-state index in [2.05, 4.69) is 0 Å². The van der Waals surface area contributed by atoms with Gasteiger partial charge in [-0.2, -0.15) is 0 Å². The Hall–Kier alpha value is -0.0800. The van der Waals surface area contributed by atoms with E-state index in [0.29, 0.717) is 0 Å². The van der Waals surface area contributed by atoms with Gasteiger partial charge >= 0.3 is 0 Å². The maximum atomic E-state index is 8.31. The van der Waals surface area contributed by atoms with Crippen LogP contribution in [0.2, 0.25) is 0 Å². The highest BCUT2D eigenvalue weighted by Gasteiger charge is 2.30. The summed E-state index contributed by atoms with van der Waals surface area (Å²) in [6.07, 6.45) is 0.634. The quantitative estimate of drug-likeness (QED) is 0.389. The maximum Gasteiger partial charge on any atom is 0.0707 e. The van der Waals surface area contributed by atoms with E-state index in [9.17, 15) is 0 Å². The molecule has 1 rings (SSSR count). The van der Waals surface area contributed by atoms with Gasteiger partial charge in [0.05, 0.1) is 6.10 Å². The summed E-state index contributed by atoms with van der Waals surface area (Å²) in [6, 6.07) is 0.106. The number of aliphatic hydroxyl groups excluding tert-OH is 1. The van der Waals surface area contributed by atoms with Crippen LogP contribution in [0, 0.1) is 0 Å². The highest BCUT2D eigenvalue weighted by molar-refractivity contribution is 4.89. The SMILES string of the molecule is N[C@@H]1C[C@H]1O. The van der Waals surface area contributed by atoms with Crippen LogP contribution in [-0.2, 0) is 0 Å². The highest BCUT2D eigenvalue weighted by atomic mass is 16.3. The van der Waals surface area contributed by atoms with Crippen molar-refractivity contribution in [2.45, 2.75) is 18.6 Å². The summed E-state index contributed by atoms with van der Waals surface area (Å²) in [7, 11) is 0. The zero-order chi connectivity index (χ0) is 3.86. The van der Waals surface area contributed by atoms with Crippen molar-refractivity contribution in [2.75, 3.05) is 0 Å². The Morgan fingerprint density at radius 3 is 2.00 bits per heavy atom. The number of hydrogen-bond donors (Lipinski definition) is 2. The van der Waals surface area contributed by atoms with Crippen LogP contribution in [0.3, 0.4) is 0 Å². The zero-order valence-electron chi connectivity index (χ0n) is 2.89. The molecule has 30 valence electrons. The van der Waals surface area contributed by atoms with Gasteiger partial charge in [-0.1, -0.05) is 0 Å². The number of aliphatic hydroxyl groups is 1. The summed E-state index contributed by atoms with van der Waals surface area (Å²) in [4.78, 5) is 0. The summed E-state index contributed by atoms with van der Waals surface area (Å²) in [5, 5.41) is 8.31. The number of nitrogens with two attached hydrogens (primary N) is 1. The third-order valence-electron chi connectivity index (χ3n) is 0.805. The average molecular weight is 73.1 g/mol. The predicted octanol–water partition coefficient (Wildman–Crippen LogP) is -0.922. The molecule has 1 aliphatic rings. The summed E-state index contributed by atoms with van der Waals surface area (Å²) >= 11 is 0. The first kappa shape index (κ1) is 3.12. The van der Waals surface area contributed by atoms with E-state index in [1.165, 1.54) is 0 Å². The second kappa shape index (κ2) is 0.698. The molecule has 0 aliphatic heterocycles. The van der Waals surface area contributed by atoms with Crippen LogP contribution in [-0.4, -0.2) is 17.3 Å². The second-order valence-corrected chi connectivity index (χ2v) is 1.47. The smallest absolute Gasteiger partial charge is 0.0707 e. The van der Waals surface area contributed by atoms with Crippen LogP contribution in [0.1, 0.15) is 6.42 Å². The van der Waals surface area contributed by atoms with Gasteiger partial charge in [-0.05, 0) is 6.42 Å². The molecular weight excluding hydrogens is 66.0 g/mol. The standard InChI is InChI=1S/C3H7NO/c4-2-1-3(2)5/h2-3,5H,1,4H2/t2-,3-/m1/s1. The molecule has 3 N–H and O–H groups in total. The van der Waals surface area contributed by atoms with Crippen molar-refractivity contribution in [3.05, 3.63) is 0 Å². The normalized spacial score (nSPS) is 49.2.